The van der Waals surface area contributed by atoms with E-state index >= 15 is 0 Å². The molecule has 2 heteroatoms. The topological polar surface area (TPSA) is 25.8 Å². The molecular weight excluding hydrogens is 208 g/mol. The minimum absolute atomic E-state index is 1.03. The molecule has 3 rings (SSSR count). The van der Waals surface area contributed by atoms with Gasteiger partial charge in [-0.2, -0.15) is 0 Å². The molecular formula is C15H12N2. The fourth-order valence-corrected chi connectivity index (χ4v) is 2.03. The first-order valence-corrected chi connectivity index (χ1v) is 5.60. The van der Waals surface area contributed by atoms with E-state index in [1.54, 1.807) is 6.20 Å². The van der Waals surface area contributed by atoms with E-state index in [-0.39, 0.29) is 0 Å². The van der Waals surface area contributed by atoms with E-state index in [0.29, 0.717) is 0 Å². The smallest absolute Gasteiger partial charge is 0.0781 e. The third kappa shape index (κ3) is 1.78. The number of hydrogen-bond donors (Lipinski definition) is 0. The van der Waals surface area contributed by atoms with E-state index in [1.807, 2.05) is 18.5 Å². The Morgan fingerprint density at radius 2 is 1.94 bits per heavy atom. The molecule has 1 aromatic carbocycles. The molecule has 2 heterocycles. The lowest BCUT2D eigenvalue weighted by Gasteiger charge is -2.05. The highest BCUT2D eigenvalue weighted by molar-refractivity contribution is 5.93. The minimum atomic E-state index is 1.03. The number of nitrogens with zero attached hydrogens (tertiary/aromatic N) is 2. The van der Waals surface area contributed by atoms with Gasteiger partial charge in [-0.05, 0) is 24.6 Å². The molecule has 0 unspecified atom stereocenters. The van der Waals surface area contributed by atoms with Gasteiger partial charge in [0.2, 0.25) is 0 Å². The first-order chi connectivity index (χ1) is 8.34. The number of pyridine rings is 2. The van der Waals surface area contributed by atoms with E-state index in [2.05, 4.69) is 47.2 Å². The van der Waals surface area contributed by atoms with Gasteiger partial charge in [-0.1, -0.05) is 24.3 Å². The van der Waals surface area contributed by atoms with Gasteiger partial charge in [0.25, 0.3) is 0 Å². The molecule has 2 aromatic heterocycles. The van der Waals surface area contributed by atoms with Gasteiger partial charge < -0.3 is 0 Å². The first kappa shape index (κ1) is 9.97. The molecule has 0 radical (unpaired) electrons. The second kappa shape index (κ2) is 3.98. The Bertz CT molecular complexity index is 660. The highest BCUT2D eigenvalue weighted by Crippen LogP contribution is 2.26. The zero-order chi connectivity index (χ0) is 11.7. The SMILES string of the molecule is Cc1cnc2c(-c3cccnc3)cccc2c1. The van der Waals surface area contributed by atoms with Gasteiger partial charge in [0.15, 0.2) is 0 Å². The Kier molecular flexibility index (Phi) is 2.33. The molecule has 0 bridgehead atoms. The standard InChI is InChI=1S/C15H12N2/c1-11-8-12-4-2-6-14(15(12)17-9-11)13-5-3-7-16-10-13/h2-10H,1H3. The molecule has 3 aromatic rings. The zero-order valence-corrected chi connectivity index (χ0v) is 9.59. The van der Waals surface area contributed by atoms with Crippen molar-refractivity contribution in [2.75, 3.05) is 0 Å². The molecule has 82 valence electrons. The van der Waals surface area contributed by atoms with Crippen LogP contribution in [0.3, 0.4) is 0 Å². The molecule has 0 fully saturated rings. The van der Waals surface area contributed by atoms with Crippen LogP contribution in [-0.4, -0.2) is 9.97 Å². The fourth-order valence-electron chi connectivity index (χ4n) is 2.03. The molecule has 0 amide bonds. The van der Waals surface area contributed by atoms with E-state index in [9.17, 15) is 0 Å². The molecule has 0 atom stereocenters. The van der Waals surface area contributed by atoms with Crippen LogP contribution in [0.15, 0.2) is 55.0 Å². The molecule has 0 N–H and O–H groups in total. The molecule has 0 aliphatic heterocycles. The third-order valence-electron chi connectivity index (χ3n) is 2.82. The fraction of sp³-hybridized carbons (Fsp3) is 0.0667. The van der Waals surface area contributed by atoms with E-state index in [4.69, 9.17) is 0 Å². The zero-order valence-electron chi connectivity index (χ0n) is 9.59. The summed E-state index contributed by atoms with van der Waals surface area (Å²) >= 11 is 0. The maximum Gasteiger partial charge on any atom is 0.0781 e. The van der Waals surface area contributed by atoms with E-state index in [1.165, 1.54) is 10.9 Å². The molecule has 17 heavy (non-hydrogen) atoms. The summed E-state index contributed by atoms with van der Waals surface area (Å²) < 4.78 is 0. The normalized spacial score (nSPS) is 10.6. The van der Waals surface area contributed by atoms with E-state index in [0.717, 1.165) is 16.6 Å². The summed E-state index contributed by atoms with van der Waals surface area (Å²) in [5.74, 6) is 0. The second-order valence-electron chi connectivity index (χ2n) is 4.13. The van der Waals surface area contributed by atoms with Gasteiger partial charge in [0, 0.05) is 35.1 Å². The van der Waals surface area contributed by atoms with Crippen molar-refractivity contribution in [2.24, 2.45) is 0 Å². The summed E-state index contributed by atoms with van der Waals surface area (Å²) in [7, 11) is 0. The minimum Gasteiger partial charge on any atom is -0.264 e. The first-order valence-electron chi connectivity index (χ1n) is 5.60. The van der Waals surface area contributed by atoms with Crippen LogP contribution >= 0.6 is 0 Å². The van der Waals surface area contributed by atoms with Crippen molar-refractivity contribution in [1.82, 2.24) is 9.97 Å². The van der Waals surface area contributed by atoms with Crippen LogP contribution in [-0.2, 0) is 0 Å². The van der Waals surface area contributed by atoms with Crippen molar-refractivity contribution < 1.29 is 0 Å². The predicted octanol–water partition coefficient (Wildman–Crippen LogP) is 3.61. The summed E-state index contributed by atoms with van der Waals surface area (Å²) in [5, 5.41) is 1.17. The number of fused-ring (bicyclic) bond motifs is 1. The molecule has 0 aliphatic rings. The van der Waals surface area contributed by atoms with Crippen molar-refractivity contribution in [2.45, 2.75) is 6.92 Å². The lowest BCUT2D eigenvalue weighted by atomic mass is 10.0. The van der Waals surface area contributed by atoms with Crippen LogP contribution < -0.4 is 0 Å². The molecule has 0 saturated carbocycles. The quantitative estimate of drug-likeness (QED) is 0.626. The van der Waals surface area contributed by atoms with Crippen molar-refractivity contribution in [3.8, 4) is 11.1 Å². The van der Waals surface area contributed by atoms with Crippen molar-refractivity contribution in [3.05, 3.63) is 60.6 Å². The number of hydrogen-bond acceptors (Lipinski definition) is 2. The van der Waals surface area contributed by atoms with Gasteiger partial charge in [0.1, 0.15) is 0 Å². The molecule has 0 spiro atoms. The number of benzene rings is 1. The summed E-state index contributed by atoms with van der Waals surface area (Å²) in [6.07, 6.45) is 5.56. The number of para-hydroxylation sites is 1. The lowest BCUT2D eigenvalue weighted by molar-refractivity contribution is 1.31. The largest absolute Gasteiger partial charge is 0.264 e. The van der Waals surface area contributed by atoms with Crippen LogP contribution in [0.5, 0.6) is 0 Å². The summed E-state index contributed by atoms with van der Waals surface area (Å²) in [4.78, 5) is 8.69. The van der Waals surface area contributed by atoms with Crippen LogP contribution in [0, 0.1) is 6.92 Å². The molecule has 0 aliphatic carbocycles. The van der Waals surface area contributed by atoms with Gasteiger partial charge in [0.05, 0.1) is 5.52 Å². The van der Waals surface area contributed by atoms with Gasteiger partial charge in [-0.15, -0.1) is 0 Å². The van der Waals surface area contributed by atoms with E-state index < -0.39 is 0 Å². The second-order valence-corrected chi connectivity index (χ2v) is 4.13. The molecule has 2 nitrogen and oxygen atoms in total. The number of aryl methyl sites for hydroxylation is 1. The number of aromatic nitrogens is 2. The van der Waals surface area contributed by atoms with Gasteiger partial charge >= 0.3 is 0 Å². The summed E-state index contributed by atoms with van der Waals surface area (Å²) in [6.45, 7) is 2.06. The van der Waals surface area contributed by atoms with Gasteiger partial charge in [-0.25, -0.2) is 0 Å². The van der Waals surface area contributed by atoms with Crippen LogP contribution in [0.1, 0.15) is 5.56 Å². The van der Waals surface area contributed by atoms with Crippen LogP contribution in [0.2, 0.25) is 0 Å². The summed E-state index contributed by atoms with van der Waals surface area (Å²) in [6, 6.07) is 12.4. The lowest BCUT2D eigenvalue weighted by Crippen LogP contribution is -1.86. The Hall–Kier alpha value is -2.22. The third-order valence-corrected chi connectivity index (χ3v) is 2.82. The Morgan fingerprint density at radius 3 is 2.76 bits per heavy atom. The predicted molar refractivity (Wildman–Crippen MR) is 69.7 cm³/mol. The summed E-state index contributed by atoms with van der Waals surface area (Å²) in [5.41, 5.74) is 4.46. The molecule has 0 saturated heterocycles. The monoisotopic (exact) mass is 220 g/mol. The van der Waals surface area contributed by atoms with Gasteiger partial charge in [-0.3, -0.25) is 9.97 Å². The highest BCUT2D eigenvalue weighted by atomic mass is 14.7. The van der Waals surface area contributed by atoms with Crippen molar-refractivity contribution >= 4 is 10.9 Å². The highest BCUT2D eigenvalue weighted by Gasteiger charge is 2.04. The van der Waals surface area contributed by atoms with Crippen LogP contribution in [0.4, 0.5) is 0 Å². The Balaban J connectivity index is 2.31. The Morgan fingerprint density at radius 1 is 1.00 bits per heavy atom. The maximum absolute atomic E-state index is 4.53. The van der Waals surface area contributed by atoms with Crippen molar-refractivity contribution in [1.29, 1.82) is 0 Å². The maximum atomic E-state index is 4.53. The average molecular weight is 220 g/mol. The number of rotatable bonds is 1. The van der Waals surface area contributed by atoms with Crippen molar-refractivity contribution in [3.63, 3.8) is 0 Å². The Labute approximate surface area is 100.0 Å². The van der Waals surface area contributed by atoms with Crippen LogP contribution in [0.25, 0.3) is 22.0 Å². The average Bonchev–Trinajstić information content (AvgIpc) is 2.39.